The number of halogens is 4. The van der Waals surface area contributed by atoms with Gasteiger partial charge in [0.05, 0.1) is 49.8 Å². The van der Waals surface area contributed by atoms with Crippen LogP contribution in [0.4, 0.5) is 17.3 Å². The van der Waals surface area contributed by atoms with E-state index in [2.05, 4.69) is 0 Å². The van der Waals surface area contributed by atoms with Gasteiger partial charge in [0.1, 0.15) is 0 Å². The summed E-state index contributed by atoms with van der Waals surface area (Å²) in [6.07, 6.45) is 0. The van der Waals surface area contributed by atoms with Gasteiger partial charge in [0.15, 0.2) is 16.6 Å². The number of Topliss-reactive ketones (excluding diaryl/α,β-unsaturated/α-hetero) is 1. The zero-order chi connectivity index (χ0) is 34.8. The van der Waals surface area contributed by atoms with Crippen LogP contribution >= 0.6 is 0 Å². The molecule has 2 aromatic rings. The third kappa shape index (κ3) is 9.10. The predicted molar refractivity (Wildman–Crippen MR) is 155 cm³/mol. The predicted octanol–water partition coefficient (Wildman–Crippen LogP) is 4.01. The van der Waals surface area contributed by atoms with E-state index < -0.39 is 47.9 Å². The van der Waals surface area contributed by atoms with Crippen molar-refractivity contribution in [2.45, 2.75) is 39.8 Å². The molecule has 254 valence electrons. The van der Waals surface area contributed by atoms with Gasteiger partial charge < -0.3 is 31.6 Å². The van der Waals surface area contributed by atoms with Crippen LogP contribution in [0.25, 0.3) is 0 Å². The van der Waals surface area contributed by atoms with E-state index >= 15 is 0 Å². The average Bonchev–Trinajstić information content (AvgIpc) is 2.94. The molecule has 4 atom stereocenters. The van der Waals surface area contributed by atoms with Crippen LogP contribution in [0.1, 0.15) is 48.7 Å². The molecule has 0 radical (unpaired) electrons. The number of ketones is 1. The molecule has 46 heavy (non-hydrogen) atoms. The molecule has 4 heterocycles. The van der Waals surface area contributed by atoms with Gasteiger partial charge in [-0.1, -0.05) is 12.1 Å². The van der Waals surface area contributed by atoms with E-state index in [1.54, 1.807) is 38.4 Å². The maximum atomic E-state index is 14.6. The van der Waals surface area contributed by atoms with Crippen LogP contribution in [0.5, 0.6) is 0 Å². The van der Waals surface area contributed by atoms with E-state index in [1.165, 1.54) is 28.1 Å². The number of likely N-dealkylation sites (tertiary alicyclic amines) is 2. The average molecular weight is 699 g/mol. The Hall–Kier alpha value is -3.89. The molecule has 0 amide bonds. The number of rotatable bonds is 4. The number of hydrogen-bond donors (Lipinski definition) is 0. The standard InChI is InChI=1S/C25H30N4O5.2C2H3N.BF4.Cu/c1-15-9-7-11-17(26-15)19-24(22(31)33-5)13-28(3)14-25(21(24)30,23(32)34-6)20(29(19)4)18-12-8-10-16(2)27-18;2*1-2-3;2-1(3,4)5;/h7-12,19-20H,13-14H2,1-6H3;2*1H3;;/q;;;-1;+1/t19-,20+,24-,25+;;;;. The van der Waals surface area contributed by atoms with Gasteiger partial charge >= 0.3 is 36.3 Å². The summed E-state index contributed by atoms with van der Waals surface area (Å²) in [4.78, 5) is 54.7. The van der Waals surface area contributed by atoms with Gasteiger partial charge in [0, 0.05) is 38.3 Å². The summed E-state index contributed by atoms with van der Waals surface area (Å²) in [5, 5.41) is 14.6. The molecular weight excluding hydrogens is 663 g/mol. The van der Waals surface area contributed by atoms with Crippen LogP contribution in [0, 0.1) is 47.3 Å². The van der Waals surface area contributed by atoms with Crippen molar-refractivity contribution in [1.82, 2.24) is 19.8 Å². The number of nitriles is 2. The zero-order valence-corrected chi connectivity index (χ0v) is 27.6. The maximum absolute atomic E-state index is 14.6. The van der Waals surface area contributed by atoms with Crippen LogP contribution < -0.4 is 0 Å². The number of ether oxygens (including phenoxy) is 2. The smallest absolute Gasteiger partial charge is 0.468 e. The fourth-order valence-electron chi connectivity index (χ4n) is 5.97. The molecule has 2 aliphatic heterocycles. The number of carbonyl (C=O) groups excluding carboxylic acids is 3. The molecule has 11 nitrogen and oxygen atoms in total. The topological polar surface area (TPSA) is 150 Å². The third-order valence-corrected chi connectivity index (χ3v) is 7.08. The van der Waals surface area contributed by atoms with Gasteiger partial charge in [-0.2, -0.15) is 10.5 Å². The normalized spacial score (nSPS) is 23.5. The first-order valence-electron chi connectivity index (χ1n) is 13.4. The minimum Gasteiger partial charge on any atom is -0.468 e. The maximum Gasteiger partial charge on any atom is 1.00 e. The Morgan fingerprint density at radius 3 is 1.41 bits per heavy atom. The molecule has 2 aliphatic rings. The Labute approximate surface area is 276 Å². The summed E-state index contributed by atoms with van der Waals surface area (Å²) in [5.41, 5.74) is -0.784. The SMILES string of the molecule is CC#N.CC#N.COC(=O)[C@]12CN(C)C[C@](C(=O)OC)(C1=O)[C@@H](c1cccc(C)n1)N(C)[C@H]2c1cccc(C)n1.F[B-](F)(F)F.[Cu+]. The number of piperidine rings is 2. The largest absolute Gasteiger partial charge is 1.00 e. The van der Waals surface area contributed by atoms with Crippen LogP contribution in [-0.4, -0.2) is 86.1 Å². The van der Waals surface area contributed by atoms with E-state index in [9.17, 15) is 31.6 Å². The number of aryl methyl sites for hydroxylation is 2. The van der Waals surface area contributed by atoms with Crippen LogP contribution in [0.3, 0.4) is 0 Å². The Kier molecular flexibility index (Phi) is 16.2. The summed E-state index contributed by atoms with van der Waals surface area (Å²) in [7, 11) is 0.104. The summed E-state index contributed by atoms with van der Waals surface area (Å²) in [6.45, 7) is 6.72. The van der Waals surface area contributed by atoms with Gasteiger partial charge in [-0.3, -0.25) is 29.3 Å². The Balaban J connectivity index is 0.00000147. The van der Waals surface area contributed by atoms with Gasteiger partial charge in [0.25, 0.3) is 0 Å². The summed E-state index contributed by atoms with van der Waals surface area (Å²) in [5.74, 6) is -1.92. The Morgan fingerprint density at radius 2 is 1.15 bits per heavy atom. The zero-order valence-electron chi connectivity index (χ0n) is 26.6. The van der Waals surface area contributed by atoms with Crippen molar-refractivity contribution in [1.29, 1.82) is 10.5 Å². The quantitative estimate of drug-likeness (QED) is 0.197. The number of fused-ring (bicyclic) bond motifs is 2. The van der Waals surface area contributed by atoms with Crippen molar-refractivity contribution in [3.8, 4) is 12.1 Å². The van der Waals surface area contributed by atoms with Crippen molar-refractivity contribution in [3.63, 3.8) is 0 Å². The van der Waals surface area contributed by atoms with Crippen molar-refractivity contribution in [2.75, 3.05) is 41.4 Å². The van der Waals surface area contributed by atoms with E-state index in [1.807, 2.05) is 47.9 Å². The molecule has 0 aromatic carbocycles. The molecule has 0 spiro atoms. The first kappa shape index (κ1) is 42.1. The van der Waals surface area contributed by atoms with Crippen LogP contribution in [-0.2, 0) is 40.9 Å². The number of esters is 2. The van der Waals surface area contributed by atoms with E-state index in [-0.39, 0.29) is 30.2 Å². The van der Waals surface area contributed by atoms with Gasteiger partial charge in [-0.05, 0) is 52.2 Å². The van der Waals surface area contributed by atoms with Crippen molar-refractivity contribution >= 4 is 25.0 Å². The van der Waals surface area contributed by atoms with Crippen LogP contribution in [0.15, 0.2) is 36.4 Å². The second kappa shape index (κ2) is 17.7. The number of carbonyl (C=O) groups is 3. The molecular formula is C29H36BCuF4N6O5. The Bertz CT molecular complexity index is 1350. The Morgan fingerprint density at radius 1 is 0.848 bits per heavy atom. The molecule has 2 aromatic heterocycles. The van der Waals surface area contributed by atoms with Crippen molar-refractivity contribution in [2.24, 2.45) is 10.8 Å². The fraction of sp³-hybridized carbons (Fsp3) is 0.483. The van der Waals surface area contributed by atoms with E-state index in [0.717, 1.165) is 11.4 Å². The summed E-state index contributed by atoms with van der Waals surface area (Å²) < 4.78 is 49.5. The van der Waals surface area contributed by atoms with Gasteiger partial charge in [-0.25, -0.2) is 0 Å². The first-order valence-corrected chi connectivity index (χ1v) is 13.4. The number of nitrogens with zero attached hydrogens (tertiary/aromatic N) is 6. The number of pyridine rings is 2. The molecule has 0 unspecified atom stereocenters. The summed E-state index contributed by atoms with van der Waals surface area (Å²) in [6, 6.07) is 12.9. The van der Waals surface area contributed by atoms with Crippen molar-refractivity contribution < 1.29 is 58.2 Å². The molecule has 17 heteroatoms. The molecule has 2 saturated heterocycles. The monoisotopic (exact) mass is 698 g/mol. The molecule has 0 N–H and O–H groups in total. The number of hydrogen-bond acceptors (Lipinski definition) is 11. The first-order chi connectivity index (χ1) is 21.0. The molecule has 4 rings (SSSR count). The van der Waals surface area contributed by atoms with Gasteiger partial charge in [-0.15, -0.1) is 0 Å². The second-order valence-corrected chi connectivity index (χ2v) is 10.2. The summed E-state index contributed by atoms with van der Waals surface area (Å²) >= 11 is 0. The van der Waals surface area contributed by atoms with E-state index in [4.69, 9.17) is 30.0 Å². The molecule has 0 aliphatic carbocycles. The minimum absolute atomic E-state index is 0. The van der Waals surface area contributed by atoms with Crippen molar-refractivity contribution in [3.05, 3.63) is 59.2 Å². The third-order valence-electron chi connectivity index (χ3n) is 7.08. The molecule has 0 saturated carbocycles. The molecule has 2 bridgehead atoms. The number of methoxy groups -OCH3 is 2. The number of aromatic nitrogens is 2. The minimum atomic E-state index is -6.00. The van der Waals surface area contributed by atoms with E-state index in [0.29, 0.717) is 11.4 Å². The second-order valence-electron chi connectivity index (χ2n) is 10.2. The fourth-order valence-corrected chi connectivity index (χ4v) is 5.97. The van der Waals surface area contributed by atoms with Gasteiger partial charge in [0.2, 0.25) is 0 Å². The molecule has 2 fully saturated rings. The van der Waals surface area contributed by atoms with Crippen LogP contribution in [0.2, 0.25) is 0 Å².